The van der Waals surface area contributed by atoms with E-state index in [2.05, 4.69) is 9.47 Å². The fourth-order valence-electron chi connectivity index (χ4n) is 1.99. The molecule has 1 aliphatic rings. The average molecular weight is 369 g/mol. The van der Waals surface area contributed by atoms with Crippen LogP contribution in [0, 0.1) is 0 Å². The van der Waals surface area contributed by atoms with Gasteiger partial charge in [0, 0.05) is 6.54 Å². The standard InChI is InChI=1S/C12H14F7NO4/c1-2-23-9(22)20-5-3-4-7(20)8(21)24-6-10(13,14)11(15,16)12(17,18)19/h7H,2-6H2,1H3/t7-/m0/s1. The number of alkyl halides is 7. The Morgan fingerprint density at radius 3 is 2.17 bits per heavy atom. The molecule has 140 valence electrons. The molecule has 5 nitrogen and oxygen atoms in total. The van der Waals surface area contributed by atoms with Gasteiger partial charge >= 0.3 is 30.1 Å². The molecular weight excluding hydrogens is 355 g/mol. The number of ether oxygens (including phenoxy) is 2. The van der Waals surface area contributed by atoms with Gasteiger partial charge in [-0.15, -0.1) is 0 Å². The van der Waals surface area contributed by atoms with E-state index in [1.807, 2.05) is 0 Å². The Labute approximate surface area is 131 Å². The minimum absolute atomic E-state index is 0.0150. The van der Waals surface area contributed by atoms with Crippen LogP contribution in [-0.4, -0.2) is 60.8 Å². The number of amides is 1. The molecule has 0 aromatic rings. The molecule has 0 aromatic heterocycles. The van der Waals surface area contributed by atoms with Crippen LogP contribution in [0.15, 0.2) is 0 Å². The summed E-state index contributed by atoms with van der Waals surface area (Å²) in [5, 5.41) is 0. The molecule has 0 bridgehead atoms. The predicted octanol–water partition coefficient (Wildman–Crippen LogP) is 2.98. The smallest absolute Gasteiger partial charge is 0.457 e. The summed E-state index contributed by atoms with van der Waals surface area (Å²) >= 11 is 0. The second-order valence-electron chi connectivity index (χ2n) is 4.93. The van der Waals surface area contributed by atoms with Gasteiger partial charge in [0.25, 0.3) is 0 Å². The Morgan fingerprint density at radius 1 is 1.08 bits per heavy atom. The zero-order valence-corrected chi connectivity index (χ0v) is 12.3. The third-order valence-electron chi connectivity index (χ3n) is 3.24. The second-order valence-corrected chi connectivity index (χ2v) is 4.93. The van der Waals surface area contributed by atoms with Crippen LogP contribution in [-0.2, 0) is 14.3 Å². The first kappa shape index (κ1) is 20.3. The van der Waals surface area contributed by atoms with Gasteiger partial charge < -0.3 is 9.47 Å². The fraction of sp³-hybridized carbons (Fsp3) is 0.833. The van der Waals surface area contributed by atoms with Crippen molar-refractivity contribution in [3.63, 3.8) is 0 Å². The molecule has 0 aliphatic carbocycles. The van der Waals surface area contributed by atoms with Gasteiger partial charge in [0.1, 0.15) is 6.04 Å². The molecule has 1 saturated heterocycles. The fourth-order valence-corrected chi connectivity index (χ4v) is 1.99. The SMILES string of the molecule is CCOC(=O)N1CCC[C@H]1C(=O)OCC(F)(F)C(F)(F)C(F)(F)F. The second kappa shape index (κ2) is 7.01. The summed E-state index contributed by atoms with van der Waals surface area (Å²) in [6.45, 7) is -0.993. The number of esters is 1. The van der Waals surface area contributed by atoms with Crippen LogP contribution in [0.2, 0.25) is 0 Å². The van der Waals surface area contributed by atoms with Gasteiger partial charge in [0.15, 0.2) is 6.61 Å². The van der Waals surface area contributed by atoms with Gasteiger partial charge in [0.2, 0.25) is 0 Å². The zero-order chi connectivity index (χ0) is 18.8. The number of nitrogens with zero attached hydrogens (tertiary/aromatic N) is 1. The normalized spacial score (nSPS) is 19.3. The number of likely N-dealkylation sites (tertiary alicyclic amines) is 1. The molecule has 1 heterocycles. The third-order valence-corrected chi connectivity index (χ3v) is 3.24. The maximum Gasteiger partial charge on any atom is 0.460 e. The van der Waals surface area contributed by atoms with E-state index >= 15 is 0 Å². The Morgan fingerprint density at radius 2 is 1.67 bits per heavy atom. The van der Waals surface area contributed by atoms with Crippen LogP contribution in [0.25, 0.3) is 0 Å². The van der Waals surface area contributed by atoms with Crippen molar-refractivity contribution in [2.75, 3.05) is 19.8 Å². The van der Waals surface area contributed by atoms with E-state index in [1.165, 1.54) is 6.92 Å². The Hall–Kier alpha value is -1.75. The molecule has 1 aliphatic heterocycles. The predicted molar refractivity (Wildman–Crippen MR) is 63.7 cm³/mol. The van der Waals surface area contributed by atoms with Crippen LogP contribution in [0.1, 0.15) is 19.8 Å². The van der Waals surface area contributed by atoms with Gasteiger partial charge in [-0.3, -0.25) is 4.90 Å². The van der Waals surface area contributed by atoms with E-state index in [0.29, 0.717) is 0 Å². The topological polar surface area (TPSA) is 55.8 Å². The molecule has 1 atom stereocenters. The van der Waals surface area contributed by atoms with Crippen molar-refractivity contribution >= 4 is 12.1 Å². The molecule has 0 radical (unpaired) electrons. The summed E-state index contributed by atoms with van der Waals surface area (Å²) in [5.74, 6) is -13.5. The summed E-state index contributed by atoms with van der Waals surface area (Å²) in [6, 6.07) is -1.38. The van der Waals surface area contributed by atoms with Crippen LogP contribution < -0.4 is 0 Å². The largest absolute Gasteiger partial charge is 0.460 e. The number of hydrogen-bond acceptors (Lipinski definition) is 4. The first-order valence-electron chi connectivity index (χ1n) is 6.77. The lowest BCUT2D eigenvalue weighted by Crippen LogP contribution is -2.55. The van der Waals surface area contributed by atoms with Crippen molar-refractivity contribution in [2.45, 2.75) is 43.8 Å². The van der Waals surface area contributed by atoms with Gasteiger partial charge in [-0.25, -0.2) is 9.59 Å². The van der Waals surface area contributed by atoms with E-state index in [4.69, 9.17) is 0 Å². The summed E-state index contributed by atoms with van der Waals surface area (Å²) in [7, 11) is 0. The molecule has 0 unspecified atom stereocenters. The van der Waals surface area contributed by atoms with Crippen LogP contribution in [0.3, 0.4) is 0 Å². The molecule has 1 amide bonds. The highest BCUT2D eigenvalue weighted by Gasteiger charge is 2.73. The highest BCUT2D eigenvalue weighted by molar-refractivity contribution is 5.82. The lowest BCUT2D eigenvalue weighted by Gasteiger charge is -2.28. The maximum absolute atomic E-state index is 13.1. The summed E-state index contributed by atoms with van der Waals surface area (Å²) < 4.78 is 95.9. The highest BCUT2D eigenvalue weighted by atomic mass is 19.4. The number of carbonyl (C=O) groups is 2. The van der Waals surface area contributed by atoms with E-state index in [-0.39, 0.29) is 26.0 Å². The van der Waals surface area contributed by atoms with Crippen molar-refractivity contribution in [1.82, 2.24) is 4.90 Å². The Bertz CT molecular complexity index is 481. The molecule has 24 heavy (non-hydrogen) atoms. The molecule has 12 heteroatoms. The highest BCUT2D eigenvalue weighted by Crippen LogP contribution is 2.46. The van der Waals surface area contributed by atoms with Crippen LogP contribution in [0.5, 0.6) is 0 Å². The van der Waals surface area contributed by atoms with E-state index in [9.17, 15) is 40.3 Å². The minimum Gasteiger partial charge on any atom is -0.457 e. The molecule has 1 rings (SSSR count). The van der Waals surface area contributed by atoms with E-state index < -0.39 is 42.7 Å². The average Bonchev–Trinajstić information content (AvgIpc) is 2.93. The van der Waals surface area contributed by atoms with Gasteiger partial charge in [-0.05, 0) is 19.8 Å². The molecule has 0 saturated carbocycles. The molecular formula is C12H14F7NO4. The van der Waals surface area contributed by atoms with Gasteiger partial charge in [-0.1, -0.05) is 0 Å². The van der Waals surface area contributed by atoms with Crippen molar-refractivity contribution < 1.29 is 49.8 Å². The van der Waals surface area contributed by atoms with Crippen molar-refractivity contribution in [3.05, 3.63) is 0 Å². The number of rotatable bonds is 5. The van der Waals surface area contributed by atoms with E-state index in [1.54, 1.807) is 0 Å². The molecule has 0 aromatic carbocycles. The zero-order valence-electron chi connectivity index (χ0n) is 12.3. The first-order valence-corrected chi connectivity index (χ1v) is 6.77. The number of hydrogen-bond donors (Lipinski definition) is 0. The Balaban J connectivity index is 2.73. The van der Waals surface area contributed by atoms with Gasteiger partial charge in [0.05, 0.1) is 6.61 Å². The summed E-state index contributed by atoms with van der Waals surface area (Å²) in [5.41, 5.74) is 0. The van der Waals surface area contributed by atoms with E-state index in [0.717, 1.165) is 4.90 Å². The van der Waals surface area contributed by atoms with Crippen molar-refractivity contribution in [1.29, 1.82) is 0 Å². The summed E-state index contributed by atoms with van der Waals surface area (Å²) in [6.07, 6.45) is -7.18. The molecule has 0 N–H and O–H groups in total. The van der Waals surface area contributed by atoms with Crippen LogP contribution in [0.4, 0.5) is 35.5 Å². The number of carbonyl (C=O) groups excluding carboxylic acids is 2. The minimum atomic E-state index is -6.51. The number of halogens is 7. The van der Waals surface area contributed by atoms with Crippen LogP contribution >= 0.6 is 0 Å². The third kappa shape index (κ3) is 4.01. The maximum atomic E-state index is 13.1. The lowest BCUT2D eigenvalue weighted by atomic mass is 10.1. The lowest BCUT2D eigenvalue weighted by molar-refractivity contribution is -0.359. The first-order chi connectivity index (χ1) is 10.8. The van der Waals surface area contributed by atoms with Crippen molar-refractivity contribution in [3.8, 4) is 0 Å². The Kier molecular flexibility index (Phi) is 5.93. The monoisotopic (exact) mass is 369 g/mol. The van der Waals surface area contributed by atoms with Crippen molar-refractivity contribution in [2.24, 2.45) is 0 Å². The molecule has 1 fully saturated rings. The summed E-state index contributed by atoms with van der Waals surface area (Å²) in [4.78, 5) is 24.0. The van der Waals surface area contributed by atoms with Gasteiger partial charge in [-0.2, -0.15) is 30.7 Å². The quantitative estimate of drug-likeness (QED) is 0.552. The molecule has 0 spiro atoms.